The van der Waals surface area contributed by atoms with Gasteiger partial charge in [-0.3, -0.25) is 9.69 Å². The van der Waals surface area contributed by atoms with Crippen LogP contribution in [0.2, 0.25) is 0 Å². The van der Waals surface area contributed by atoms with Crippen LogP contribution in [-0.4, -0.2) is 48.7 Å². The Morgan fingerprint density at radius 1 is 1.14 bits per heavy atom. The molecule has 154 valence electrons. The van der Waals surface area contributed by atoms with Crippen LogP contribution in [0, 0.1) is 17.7 Å². The number of alkyl halides is 4. The van der Waals surface area contributed by atoms with Crippen LogP contribution in [-0.2, 0) is 11.0 Å². The third-order valence-electron chi connectivity index (χ3n) is 6.49. The van der Waals surface area contributed by atoms with Gasteiger partial charge in [0.1, 0.15) is 6.17 Å². The minimum absolute atomic E-state index is 0.0427. The number of rotatable bonds is 3. The van der Waals surface area contributed by atoms with Gasteiger partial charge in [-0.15, -0.1) is 0 Å². The summed E-state index contributed by atoms with van der Waals surface area (Å²) >= 11 is 0. The van der Waals surface area contributed by atoms with Crippen LogP contribution in [0.25, 0.3) is 0 Å². The molecule has 28 heavy (non-hydrogen) atoms. The molecule has 4 rings (SSSR count). The highest BCUT2D eigenvalue weighted by Gasteiger charge is 2.50. The molecule has 3 aliphatic rings. The van der Waals surface area contributed by atoms with E-state index in [4.69, 9.17) is 5.73 Å². The lowest BCUT2D eigenvalue weighted by atomic mass is 9.96. The molecule has 9 heteroatoms. The zero-order chi connectivity index (χ0) is 20.2. The lowest BCUT2D eigenvalue weighted by Gasteiger charge is -2.33. The van der Waals surface area contributed by atoms with Crippen LogP contribution in [0.1, 0.15) is 24.8 Å². The van der Waals surface area contributed by atoms with Crippen molar-refractivity contribution in [3.05, 3.63) is 29.6 Å². The van der Waals surface area contributed by atoms with E-state index in [0.717, 1.165) is 18.9 Å². The number of nitrogens with zero attached hydrogens (tertiary/aromatic N) is 2. The summed E-state index contributed by atoms with van der Waals surface area (Å²) < 4.78 is 67.5. The molecule has 5 atom stereocenters. The molecule has 0 bridgehead atoms. The minimum Gasteiger partial charge on any atom is -0.369 e. The van der Waals surface area contributed by atoms with E-state index in [-0.39, 0.29) is 36.5 Å². The Balaban J connectivity index is 1.55. The van der Waals surface area contributed by atoms with E-state index in [0.29, 0.717) is 13.1 Å². The number of fused-ring (bicyclic) bond motifs is 1. The molecule has 0 unspecified atom stereocenters. The first-order valence-corrected chi connectivity index (χ1v) is 9.46. The van der Waals surface area contributed by atoms with Crippen molar-refractivity contribution in [1.82, 2.24) is 4.90 Å². The highest BCUT2D eigenvalue weighted by molar-refractivity contribution is 5.80. The molecular formula is C19H22F5N3O. The molecule has 1 aliphatic carbocycles. The van der Waals surface area contributed by atoms with Crippen molar-refractivity contribution in [2.75, 3.05) is 24.5 Å². The SMILES string of the molecule is NC(=O)[C@@H]1C[C@@H](F)CN1[C@H]1CC[C@@H]2CN(c3cccc(C(F)(F)F)c3F)C[C@@H]21. The maximum absolute atomic E-state index is 14.5. The molecule has 2 N–H and O–H groups in total. The van der Waals surface area contributed by atoms with Gasteiger partial charge in [-0.25, -0.2) is 8.78 Å². The van der Waals surface area contributed by atoms with Gasteiger partial charge in [0, 0.05) is 32.1 Å². The van der Waals surface area contributed by atoms with E-state index in [1.807, 2.05) is 4.90 Å². The van der Waals surface area contributed by atoms with Gasteiger partial charge in [0.25, 0.3) is 0 Å². The zero-order valence-corrected chi connectivity index (χ0v) is 15.1. The lowest BCUT2D eigenvalue weighted by Crippen LogP contribution is -2.48. The topological polar surface area (TPSA) is 49.6 Å². The molecule has 1 aromatic rings. The average molecular weight is 403 g/mol. The number of hydrogen-bond acceptors (Lipinski definition) is 3. The van der Waals surface area contributed by atoms with Crippen LogP contribution >= 0.6 is 0 Å². The number of carbonyl (C=O) groups is 1. The number of halogens is 5. The fourth-order valence-corrected chi connectivity index (χ4v) is 5.28. The number of hydrogen-bond donors (Lipinski definition) is 1. The number of nitrogens with two attached hydrogens (primary N) is 1. The van der Waals surface area contributed by atoms with E-state index in [1.165, 1.54) is 12.1 Å². The first kappa shape index (κ1) is 19.4. The molecule has 1 aromatic carbocycles. The summed E-state index contributed by atoms with van der Waals surface area (Å²) in [4.78, 5) is 15.2. The van der Waals surface area contributed by atoms with Crippen LogP contribution < -0.4 is 10.6 Å². The predicted molar refractivity (Wildman–Crippen MR) is 92.8 cm³/mol. The Bertz CT molecular complexity index is 770. The fourth-order valence-electron chi connectivity index (χ4n) is 5.28. The van der Waals surface area contributed by atoms with Crippen molar-refractivity contribution in [2.45, 2.75) is 43.7 Å². The van der Waals surface area contributed by atoms with E-state index in [9.17, 15) is 26.7 Å². The highest BCUT2D eigenvalue weighted by atomic mass is 19.4. The quantitative estimate of drug-likeness (QED) is 0.790. The molecule has 1 saturated carbocycles. The van der Waals surface area contributed by atoms with Gasteiger partial charge < -0.3 is 10.6 Å². The number of amides is 1. The molecule has 3 fully saturated rings. The van der Waals surface area contributed by atoms with Crippen molar-refractivity contribution < 1.29 is 26.7 Å². The molecule has 2 aliphatic heterocycles. The van der Waals surface area contributed by atoms with Gasteiger partial charge in [0.15, 0.2) is 5.82 Å². The molecular weight excluding hydrogens is 381 g/mol. The summed E-state index contributed by atoms with van der Waals surface area (Å²) in [6.45, 7) is 0.972. The summed E-state index contributed by atoms with van der Waals surface area (Å²) in [7, 11) is 0. The normalized spacial score (nSPS) is 33.5. The third kappa shape index (κ3) is 3.23. The molecule has 0 radical (unpaired) electrons. The Morgan fingerprint density at radius 3 is 2.57 bits per heavy atom. The number of primary amides is 1. The van der Waals surface area contributed by atoms with Gasteiger partial charge in [-0.1, -0.05) is 6.07 Å². The Labute approximate surface area is 159 Å². The second-order valence-electron chi connectivity index (χ2n) is 8.06. The molecule has 4 nitrogen and oxygen atoms in total. The van der Waals surface area contributed by atoms with E-state index in [1.54, 1.807) is 4.90 Å². The third-order valence-corrected chi connectivity index (χ3v) is 6.49. The highest BCUT2D eigenvalue weighted by Crippen LogP contribution is 2.45. The van der Waals surface area contributed by atoms with Crippen molar-refractivity contribution in [3.8, 4) is 0 Å². The Kier molecular flexibility index (Phi) is 4.76. The second-order valence-corrected chi connectivity index (χ2v) is 8.06. The second kappa shape index (κ2) is 6.86. The first-order chi connectivity index (χ1) is 13.2. The summed E-state index contributed by atoms with van der Waals surface area (Å²) in [5, 5.41) is 0. The van der Waals surface area contributed by atoms with E-state index >= 15 is 0 Å². The van der Waals surface area contributed by atoms with Gasteiger partial charge in [-0.2, -0.15) is 13.2 Å². The molecule has 0 spiro atoms. The Hall–Kier alpha value is -1.90. The van der Waals surface area contributed by atoms with Gasteiger partial charge >= 0.3 is 6.18 Å². The minimum atomic E-state index is -4.75. The van der Waals surface area contributed by atoms with Crippen LogP contribution in [0.3, 0.4) is 0 Å². The number of carbonyl (C=O) groups excluding carboxylic acids is 1. The lowest BCUT2D eigenvalue weighted by molar-refractivity contribution is -0.139. The van der Waals surface area contributed by atoms with Crippen LogP contribution in [0.4, 0.5) is 27.6 Å². The Morgan fingerprint density at radius 2 is 1.89 bits per heavy atom. The molecule has 2 heterocycles. The largest absolute Gasteiger partial charge is 0.419 e. The molecule has 2 saturated heterocycles. The number of anilines is 1. The van der Waals surface area contributed by atoms with E-state index in [2.05, 4.69) is 0 Å². The van der Waals surface area contributed by atoms with Crippen molar-refractivity contribution in [2.24, 2.45) is 17.6 Å². The summed E-state index contributed by atoms with van der Waals surface area (Å²) in [6, 6.07) is 2.59. The standard InChI is InChI=1S/C19H22F5N3O/c20-11-6-16(18(25)28)27(8-11)14-5-4-10-7-26(9-12(10)14)15-3-1-2-13(17(15)21)19(22,23)24/h1-3,10-12,14,16H,4-9H2,(H2,25,28)/t10-,11-,12+,14+,16+/m1/s1. The first-order valence-electron chi connectivity index (χ1n) is 9.46. The maximum Gasteiger partial charge on any atom is 0.419 e. The van der Waals surface area contributed by atoms with E-state index < -0.39 is 35.7 Å². The van der Waals surface area contributed by atoms with Crippen molar-refractivity contribution in [1.29, 1.82) is 0 Å². The molecule has 0 aromatic heterocycles. The average Bonchev–Trinajstić information content (AvgIpc) is 3.27. The van der Waals surface area contributed by atoms with Gasteiger partial charge in [0.05, 0.1) is 17.3 Å². The van der Waals surface area contributed by atoms with Crippen LogP contribution in [0.5, 0.6) is 0 Å². The number of benzene rings is 1. The summed E-state index contributed by atoms with van der Waals surface area (Å²) in [5.41, 5.74) is 4.11. The monoisotopic (exact) mass is 403 g/mol. The molecule has 1 amide bonds. The van der Waals surface area contributed by atoms with Gasteiger partial charge in [-0.05, 0) is 36.8 Å². The van der Waals surface area contributed by atoms with Gasteiger partial charge in [0.2, 0.25) is 5.91 Å². The van der Waals surface area contributed by atoms with Crippen molar-refractivity contribution >= 4 is 11.6 Å². The summed E-state index contributed by atoms with van der Waals surface area (Å²) in [5.74, 6) is -1.60. The smallest absolute Gasteiger partial charge is 0.369 e. The fraction of sp³-hybridized carbons (Fsp3) is 0.632. The predicted octanol–water partition coefficient (Wildman–Crippen LogP) is 2.96. The zero-order valence-electron chi connectivity index (χ0n) is 15.1. The van der Waals surface area contributed by atoms with Crippen LogP contribution in [0.15, 0.2) is 18.2 Å². The van der Waals surface area contributed by atoms with Crippen molar-refractivity contribution in [3.63, 3.8) is 0 Å². The maximum atomic E-state index is 14.5. The summed E-state index contributed by atoms with van der Waals surface area (Å²) in [6.07, 6.45) is -4.20. The number of likely N-dealkylation sites (tertiary alicyclic amines) is 1.